The number of nitrogens with one attached hydrogen (secondary N) is 1. The van der Waals surface area contributed by atoms with Gasteiger partial charge in [0.2, 0.25) is 5.91 Å². The molecule has 2 aromatic rings. The highest BCUT2D eigenvalue weighted by atomic mass is 32.2. The number of benzene rings is 1. The summed E-state index contributed by atoms with van der Waals surface area (Å²) in [5.74, 6) is -0.159. The Balaban J connectivity index is 2.14. The Hall–Kier alpha value is -1.58. The largest absolute Gasteiger partial charge is 0.354 e. The van der Waals surface area contributed by atoms with Gasteiger partial charge in [-0.25, -0.2) is 12.8 Å². The first kappa shape index (κ1) is 21.7. The van der Waals surface area contributed by atoms with Crippen LogP contribution in [0.4, 0.5) is 10.1 Å². The van der Waals surface area contributed by atoms with E-state index in [1.165, 1.54) is 30.3 Å². The third kappa shape index (κ3) is 6.51. The van der Waals surface area contributed by atoms with Crippen LogP contribution in [0, 0.1) is 5.82 Å². The van der Waals surface area contributed by atoms with Gasteiger partial charge in [-0.15, -0.1) is 11.3 Å². The van der Waals surface area contributed by atoms with Crippen LogP contribution in [-0.2, 0) is 14.8 Å². The van der Waals surface area contributed by atoms with Crippen LogP contribution in [0.2, 0.25) is 0 Å². The predicted octanol–water partition coefficient (Wildman–Crippen LogP) is 3.73. The lowest BCUT2D eigenvalue weighted by Crippen LogP contribution is -2.41. The fraction of sp³-hybridized carbons (Fsp3) is 0.389. The minimum absolute atomic E-state index is 0.0907. The molecule has 0 aliphatic carbocycles. The third-order valence-electron chi connectivity index (χ3n) is 3.40. The van der Waals surface area contributed by atoms with E-state index in [0.29, 0.717) is 6.54 Å². The van der Waals surface area contributed by atoms with Crippen LogP contribution in [0.5, 0.6) is 0 Å². The molecule has 0 saturated carbocycles. The molecule has 0 unspecified atom stereocenters. The van der Waals surface area contributed by atoms with Gasteiger partial charge in [-0.2, -0.15) is 11.8 Å². The number of thioether (sulfide) groups is 1. The number of carbonyl (C=O) groups excluding carboxylic acids is 1. The standard InChI is InChI=1S/C18H23FN2O3S3/c1-18(2,3)26-12-10-20-16(22)13-21(15-8-6-14(19)7-9-15)27(23,24)17-5-4-11-25-17/h4-9,11H,10,12-13H2,1-3H3,(H,20,22). The first-order valence-electron chi connectivity index (χ1n) is 8.32. The lowest BCUT2D eigenvalue weighted by molar-refractivity contribution is -0.119. The van der Waals surface area contributed by atoms with E-state index in [1.807, 2.05) is 0 Å². The number of carbonyl (C=O) groups is 1. The molecule has 0 bridgehead atoms. The second-order valence-electron chi connectivity index (χ2n) is 6.73. The molecule has 1 N–H and O–H groups in total. The fourth-order valence-corrected chi connectivity index (χ4v) is 5.52. The zero-order valence-electron chi connectivity index (χ0n) is 15.4. The normalized spacial score (nSPS) is 12.0. The van der Waals surface area contributed by atoms with E-state index < -0.39 is 21.7 Å². The molecule has 0 aliphatic rings. The molecule has 1 amide bonds. The van der Waals surface area contributed by atoms with Crippen LogP contribution in [0.1, 0.15) is 20.8 Å². The maximum absolute atomic E-state index is 13.2. The number of halogens is 1. The number of thiophene rings is 1. The number of amides is 1. The van der Waals surface area contributed by atoms with Crippen molar-refractivity contribution in [1.82, 2.24) is 5.32 Å². The van der Waals surface area contributed by atoms with Crippen LogP contribution in [0.15, 0.2) is 46.0 Å². The lowest BCUT2D eigenvalue weighted by Gasteiger charge is -2.23. The average molecular weight is 431 g/mol. The summed E-state index contributed by atoms with van der Waals surface area (Å²) in [4.78, 5) is 12.3. The molecule has 0 fully saturated rings. The van der Waals surface area contributed by atoms with Crippen molar-refractivity contribution in [2.75, 3.05) is 23.1 Å². The first-order valence-corrected chi connectivity index (χ1v) is 11.6. The zero-order valence-corrected chi connectivity index (χ0v) is 17.9. The highest BCUT2D eigenvalue weighted by Crippen LogP contribution is 2.26. The Morgan fingerprint density at radius 2 is 1.89 bits per heavy atom. The molecule has 148 valence electrons. The van der Waals surface area contributed by atoms with Crippen molar-refractivity contribution >= 4 is 44.7 Å². The van der Waals surface area contributed by atoms with Crippen molar-refractivity contribution in [2.24, 2.45) is 0 Å². The molecule has 0 spiro atoms. The SMILES string of the molecule is CC(C)(C)SCCNC(=O)CN(c1ccc(F)cc1)S(=O)(=O)c1cccs1. The molecule has 9 heteroatoms. The molecule has 1 heterocycles. The van der Waals surface area contributed by atoms with Crippen LogP contribution < -0.4 is 9.62 Å². The summed E-state index contributed by atoms with van der Waals surface area (Å²) in [5, 5.41) is 4.40. The molecular formula is C18H23FN2O3S3. The summed E-state index contributed by atoms with van der Waals surface area (Å²) in [6.07, 6.45) is 0. The van der Waals surface area contributed by atoms with Gasteiger partial charge in [-0.3, -0.25) is 9.10 Å². The number of anilines is 1. The Kier molecular flexibility index (Phi) is 7.30. The van der Waals surface area contributed by atoms with Gasteiger partial charge in [0.15, 0.2) is 0 Å². The van der Waals surface area contributed by atoms with Crippen molar-refractivity contribution in [3.05, 3.63) is 47.6 Å². The second-order valence-corrected chi connectivity index (χ2v) is 11.7. The van der Waals surface area contributed by atoms with Gasteiger partial charge in [0.1, 0.15) is 16.6 Å². The summed E-state index contributed by atoms with van der Waals surface area (Å²) in [5.41, 5.74) is 0.240. The molecule has 2 rings (SSSR count). The summed E-state index contributed by atoms with van der Waals surface area (Å²) in [6, 6.07) is 8.15. The Labute approximate surface area is 168 Å². The van der Waals surface area contributed by atoms with E-state index in [-0.39, 0.29) is 21.2 Å². The topological polar surface area (TPSA) is 66.5 Å². The molecule has 5 nitrogen and oxygen atoms in total. The second kappa shape index (κ2) is 9.07. The maximum Gasteiger partial charge on any atom is 0.274 e. The fourth-order valence-electron chi connectivity index (χ4n) is 2.18. The van der Waals surface area contributed by atoms with Crippen molar-refractivity contribution in [3.8, 4) is 0 Å². The van der Waals surface area contributed by atoms with Crippen LogP contribution in [0.25, 0.3) is 0 Å². The van der Waals surface area contributed by atoms with E-state index in [2.05, 4.69) is 26.1 Å². The Morgan fingerprint density at radius 3 is 2.44 bits per heavy atom. The number of rotatable bonds is 8. The summed E-state index contributed by atoms with van der Waals surface area (Å²) < 4.78 is 40.3. The predicted molar refractivity (Wildman–Crippen MR) is 110 cm³/mol. The van der Waals surface area contributed by atoms with Gasteiger partial charge >= 0.3 is 0 Å². The van der Waals surface area contributed by atoms with E-state index >= 15 is 0 Å². The van der Waals surface area contributed by atoms with E-state index in [9.17, 15) is 17.6 Å². The van der Waals surface area contributed by atoms with Crippen molar-refractivity contribution < 1.29 is 17.6 Å². The summed E-state index contributed by atoms with van der Waals surface area (Å²) in [7, 11) is -3.91. The maximum atomic E-state index is 13.2. The van der Waals surface area contributed by atoms with Gasteiger partial charge in [-0.1, -0.05) is 26.8 Å². The minimum atomic E-state index is -3.91. The lowest BCUT2D eigenvalue weighted by atomic mass is 10.3. The molecule has 1 aromatic carbocycles. The Bertz CT molecular complexity index is 845. The number of hydrogen-bond donors (Lipinski definition) is 1. The highest BCUT2D eigenvalue weighted by Gasteiger charge is 2.28. The van der Waals surface area contributed by atoms with Gasteiger partial charge in [0.05, 0.1) is 5.69 Å². The van der Waals surface area contributed by atoms with Crippen LogP contribution in [0.3, 0.4) is 0 Å². The van der Waals surface area contributed by atoms with Gasteiger partial charge < -0.3 is 5.32 Å². The van der Waals surface area contributed by atoms with Crippen molar-refractivity contribution in [2.45, 2.75) is 29.7 Å². The number of nitrogens with zero attached hydrogens (tertiary/aromatic N) is 1. The molecule has 0 saturated heterocycles. The molecule has 0 radical (unpaired) electrons. The molecule has 1 aromatic heterocycles. The average Bonchev–Trinajstić information content (AvgIpc) is 3.12. The van der Waals surface area contributed by atoms with Gasteiger partial charge in [-0.05, 0) is 35.7 Å². The van der Waals surface area contributed by atoms with Gasteiger partial charge in [0.25, 0.3) is 10.0 Å². The smallest absolute Gasteiger partial charge is 0.274 e. The molecular weight excluding hydrogens is 407 g/mol. The third-order valence-corrected chi connectivity index (χ3v) is 7.82. The summed E-state index contributed by atoms with van der Waals surface area (Å²) in [6.45, 7) is 6.33. The van der Waals surface area contributed by atoms with Crippen LogP contribution >= 0.6 is 23.1 Å². The van der Waals surface area contributed by atoms with Gasteiger partial charge in [0, 0.05) is 17.0 Å². The van der Waals surface area contributed by atoms with Crippen LogP contribution in [-0.4, -0.2) is 37.9 Å². The molecule has 27 heavy (non-hydrogen) atoms. The van der Waals surface area contributed by atoms with E-state index in [0.717, 1.165) is 21.4 Å². The van der Waals surface area contributed by atoms with Crippen molar-refractivity contribution in [1.29, 1.82) is 0 Å². The minimum Gasteiger partial charge on any atom is -0.354 e. The van der Waals surface area contributed by atoms with Crippen molar-refractivity contribution in [3.63, 3.8) is 0 Å². The van der Waals surface area contributed by atoms with E-state index in [1.54, 1.807) is 23.2 Å². The molecule has 0 aliphatic heterocycles. The molecule has 0 atom stereocenters. The first-order chi connectivity index (χ1) is 12.6. The quantitative estimate of drug-likeness (QED) is 0.648. The Morgan fingerprint density at radius 1 is 1.22 bits per heavy atom. The number of sulfonamides is 1. The monoisotopic (exact) mass is 430 g/mol. The van der Waals surface area contributed by atoms with E-state index in [4.69, 9.17) is 0 Å². The zero-order chi connectivity index (χ0) is 20.1. The summed E-state index contributed by atoms with van der Waals surface area (Å²) >= 11 is 2.78. The highest BCUT2D eigenvalue weighted by molar-refractivity contribution is 8.00. The number of hydrogen-bond acceptors (Lipinski definition) is 5.